The Labute approximate surface area is 135 Å². The van der Waals surface area contributed by atoms with E-state index in [1.807, 2.05) is 18.2 Å². The maximum absolute atomic E-state index is 13.4. The molecule has 0 aliphatic rings. The fraction of sp³-hybridized carbons (Fsp3) is 0.278. The Hall–Kier alpha value is -2.40. The summed E-state index contributed by atoms with van der Waals surface area (Å²) in [5.74, 6) is 0.351. The second-order valence-electron chi connectivity index (χ2n) is 5.09. The number of hydrogen-bond donors (Lipinski definition) is 2. The molecule has 5 heteroatoms. The number of nitrogens with one attached hydrogen (secondary N) is 2. The second kappa shape index (κ2) is 8.90. The highest BCUT2D eigenvalue weighted by Gasteiger charge is 2.06. The number of carbonyl (C=O) groups excluding carboxylic acids is 1. The highest BCUT2D eigenvalue weighted by molar-refractivity contribution is 5.92. The van der Waals surface area contributed by atoms with Gasteiger partial charge in [-0.25, -0.2) is 4.39 Å². The summed E-state index contributed by atoms with van der Waals surface area (Å²) in [4.78, 5) is 11.9. The third-order valence-electron chi connectivity index (χ3n) is 3.44. The molecule has 122 valence electrons. The first-order valence-electron chi connectivity index (χ1n) is 7.57. The first-order valence-corrected chi connectivity index (χ1v) is 7.57. The van der Waals surface area contributed by atoms with Crippen LogP contribution in [0.4, 0.5) is 10.1 Å². The van der Waals surface area contributed by atoms with Gasteiger partial charge in [-0.3, -0.25) is 4.79 Å². The zero-order valence-electron chi connectivity index (χ0n) is 13.1. The summed E-state index contributed by atoms with van der Waals surface area (Å²) in [6.07, 6.45) is 0.941. The van der Waals surface area contributed by atoms with E-state index in [2.05, 4.69) is 10.6 Å². The molecule has 0 aliphatic heterocycles. The first kappa shape index (κ1) is 17.0. The van der Waals surface area contributed by atoms with Crippen LogP contribution < -0.4 is 15.4 Å². The van der Waals surface area contributed by atoms with E-state index < -0.39 is 0 Å². The van der Waals surface area contributed by atoms with Crippen molar-refractivity contribution in [2.75, 3.05) is 25.5 Å². The van der Waals surface area contributed by atoms with E-state index in [-0.39, 0.29) is 11.7 Å². The molecule has 0 unspecified atom stereocenters. The maximum atomic E-state index is 13.4. The molecule has 4 nitrogen and oxygen atoms in total. The number of anilines is 1. The average molecular weight is 316 g/mol. The Bertz CT molecular complexity index is 646. The van der Waals surface area contributed by atoms with Gasteiger partial charge in [-0.2, -0.15) is 0 Å². The average Bonchev–Trinajstić information content (AvgIpc) is 2.56. The third kappa shape index (κ3) is 5.38. The molecule has 0 aromatic heterocycles. The lowest BCUT2D eigenvalue weighted by atomic mass is 10.1. The summed E-state index contributed by atoms with van der Waals surface area (Å²) in [5, 5.41) is 5.96. The van der Waals surface area contributed by atoms with Crippen molar-refractivity contribution in [2.24, 2.45) is 0 Å². The van der Waals surface area contributed by atoms with Gasteiger partial charge in [0.1, 0.15) is 11.6 Å². The van der Waals surface area contributed by atoms with E-state index in [1.54, 1.807) is 31.4 Å². The molecule has 0 fully saturated rings. The van der Waals surface area contributed by atoms with Crippen LogP contribution in [0.2, 0.25) is 0 Å². The lowest BCUT2D eigenvalue weighted by Gasteiger charge is -2.10. The predicted molar refractivity (Wildman–Crippen MR) is 89.2 cm³/mol. The second-order valence-corrected chi connectivity index (χ2v) is 5.09. The number of rotatable bonds is 8. The van der Waals surface area contributed by atoms with Crippen LogP contribution in [-0.4, -0.2) is 26.1 Å². The van der Waals surface area contributed by atoms with Gasteiger partial charge in [0.05, 0.1) is 12.8 Å². The van der Waals surface area contributed by atoms with Crippen LogP contribution in [0.15, 0.2) is 48.5 Å². The fourth-order valence-corrected chi connectivity index (χ4v) is 2.21. The largest absolute Gasteiger partial charge is 0.495 e. The number of carbonyl (C=O) groups is 1. The van der Waals surface area contributed by atoms with E-state index in [0.29, 0.717) is 42.9 Å². The van der Waals surface area contributed by atoms with E-state index in [4.69, 9.17) is 4.74 Å². The highest BCUT2D eigenvalue weighted by Crippen LogP contribution is 2.22. The molecule has 0 atom stereocenters. The summed E-state index contributed by atoms with van der Waals surface area (Å²) in [5.41, 5.74) is 1.34. The van der Waals surface area contributed by atoms with Crippen molar-refractivity contribution in [2.45, 2.75) is 12.8 Å². The molecule has 23 heavy (non-hydrogen) atoms. The molecule has 0 saturated carbocycles. The van der Waals surface area contributed by atoms with Gasteiger partial charge in [-0.05, 0) is 36.7 Å². The molecule has 0 radical (unpaired) electrons. The topological polar surface area (TPSA) is 50.4 Å². The van der Waals surface area contributed by atoms with E-state index in [9.17, 15) is 9.18 Å². The van der Waals surface area contributed by atoms with Crippen LogP contribution in [0, 0.1) is 5.82 Å². The lowest BCUT2D eigenvalue weighted by Crippen LogP contribution is -2.24. The van der Waals surface area contributed by atoms with E-state index in [1.165, 1.54) is 6.07 Å². The summed E-state index contributed by atoms with van der Waals surface area (Å²) >= 11 is 0. The minimum absolute atomic E-state index is 0.0899. The fourth-order valence-electron chi connectivity index (χ4n) is 2.21. The Morgan fingerprint density at radius 3 is 2.61 bits per heavy atom. The van der Waals surface area contributed by atoms with Gasteiger partial charge in [-0.1, -0.05) is 30.3 Å². The molecule has 2 aromatic rings. The van der Waals surface area contributed by atoms with Gasteiger partial charge in [0.25, 0.3) is 0 Å². The molecule has 1 amide bonds. The van der Waals surface area contributed by atoms with Gasteiger partial charge in [0.15, 0.2) is 0 Å². The van der Waals surface area contributed by atoms with Crippen molar-refractivity contribution < 1.29 is 13.9 Å². The number of methoxy groups -OCH3 is 1. The van der Waals surface area contributed by atoms with Crippen LogP contribution in [0.1, 0.15) is 12.0 Å². The summed E-state index contributed by atoms with van der Waals surface area (Å²) in [6, 6.07) is 14.0. The number of halogens is 1. The summed E-state index contributed by atoms with van der Waals surface area (Å²) < 4.78 is 18.6. The molecule has 2 rings (SSSR count). The number of amides is 1. The Morgan fingerprint density at radius 2 is 1.83 bits per heavy atom. The van der Waals surface area contributed by atoms with Gasteiger partial charge < -0.3 is 15.4 Å². The first-order chi connectivity index (χ1) is 11.2. The Kier molecular flexibility index (Phi) is 6.56. The Balaban J connectivity index is 1.68. The number of para-hydroxylation sites is 2. The predicted octanol–water partition coefficient (Wildman–Crippen LogP) is 3.00. The van der Waals surface area contributed by atoms with Crippen molar-refractivity contribution >= 4 is 11.6 Å². The standard InChI is InChI=1S/C18H21FN2O2/c1-23-17-9-5-4-8-16(17)21-18(22)11-13-20-12-10-14-6-2-3-7-15(14)19/h2-9,20H,10-13H2,1H3,(H,21,22). The SMILES string of the molecule is COc1ccccc1NC(=O)CCNCCc1ccccc1F. The molecule has 0 bridgehead atoms. The smallest absolute Gasteiger partial charge is 0.225 e. The van der Waals surface area contributed by atoms with Crippen molar-refractivity contribution in [3.63, 3.8) is 0 Å². The van der Waals surface area contributed by atoms with Gasteiger partial charge in [0, 0.05) is 13.0 Å². The van der Waals surface area contributed by atoms with Crippen LogP contribution in [-0.2, 0) is 11.2 Å². The molecule has 0 saturated heterocycles. The van der Waals surface area contributed by atoms with Crippen molar-refractivity contribution in [1.82, 2.24) is 5.32 Å². The number of hydrogen-bond acceptors (Lipinski definition) is 3. The normalized spacial score (nSPS) is 10.3. The molecule has 0 heterocycles. The monoisotopic (exact) mass is 316 g/mol. The molecule has 2 aromatic carbocycles. The minimum atomic E-state index is -0.191. The van der Waals surface area contributed by atoms with E-state index in [0.717, 1.165) is 0 Å². The summed E-state index contributed by atoms with van der Waals surface area (Å²) in [7, 11) is 1.56. The van der Waals surface area contributed by atoms with Gasteiger partial charge in [0.2, 0.25) is 5.91 Å². The van der Waals surface area contributed by atoms with Gasteiger partial charge >= 0.3 is 0 Å². The maximum Gasteiger partial charge on any atom is 0.225 e. The molecular weight excluding hydrogens is 295 g/mol. The number of benzene rings is 2. The zero-order chi connectivity index (χ0) is 16.5. The van der Waals surface area contributed by atoms with Gasteiger partial charge in [-0.15, -0.1) is 0 Å². The Morgan fingerprint density at radius 1 is 1.09 bits per heavy atom. The van der Waals surface area contributed by atoms with Crippen LogP contribution in [0.3, 0.4) is 0 Å². The van der Waals surface area contributed by atoms with E-state index >= 15 is 0 Å². The third-order valence-corrected chi connectivity index (χ3v) is 3.44. The van der Waals surface area contributed by atoms with Crippen LogP contribution >= 0.6 is 0 Å². The van der Waals surface area contributed by atoms with Crippen LogP contribution in [0.25, 0.3) is 0 Å². The quantitative estimate of drug-likeness (QED) is 0.736. The zero-order valence-corrected chi connectivity index (χ0v) is 13.1. The summed E-state index contributed by atoms with van der Waals surface area (Å²) in [6.45, 7) is 1.16. The lowest BCUT2D eigenvalue weighted by molar-refractivity contribution is -0.116. The van der Waals surface area contributed by atoms with Crippen molar-refractivity contribution in [1.29, 1.82) is 0 Å². The molecule has 0 spiro atoms. The van der Waals surface area contributed by atoms with Crippen molar-refractivity contribution in [3.05, 3.63) is 59.9 Å². The minimum Gasteiger partial charge on any atom is -0.495 e. The molecule has 2 N–H and O–H groups in total. The molecule has 0 aliphatic carbocycles. The number of ether oxygens (including phenoxy) is 1. The van der Waals surface area contributed by atoms with Crippen LogP contribution in [0.5, 0.6) is 5.75 Å². The highest BCUT2D eigenvalue weighted by atomic mass is 19.1. The molecular formula is C18H21FN2O2. The van der Waals surface area contributed by atoms with Crippen molar-refractivity contribution in [3.8, 4) is 5.75 Å².